The van der Waals surface area contributed by atoms with Crippen LogP contribution in [0.3, 0.4) is 0 Å². The third-order valence-corrected chi connectivity index (χ3v) is 3.82. The molecule has 0 radical (unpaired) electrons. The number of rotatable bonds is 6. The van der Waals surface area contributed by atoms with E-state index >= 15 is 0 Å². The maximum absolute atomic E-state index is 12.3. The van der Waals surface area contributed by atoms with Gasteiger partial charge in [-0.25, -0.2) is 5.43 Å². The molecule has 1 aromatic heterocycles. The number of nitrogens with one attached hydrogen (secondary N) is 1. The summed E-state index contributed by atoms with van der Waals surface area (Å²) in [7, 11) is 1.62. The van der Waals surface area contributed by atoms with Crippen LogP contribution in [0.1, 0.15) is 21.5 Å². The van der Waals surface area contributed by atoms with Crippen molar-refractivity contribution < 1.29 is 14.1 Å². The molecule has 0 bridgehead atoms. The molecule has 3 aromatic rings. The SMILES string of the molecule is COc1ccc(C=NNC(=O)c2ccc[n+](Cc3ccccc3)c2)cc1. The van der Waals surface area contributed by atoms with Gasteiger partial charge in [0.25, 0.3) is 5.91 Å². The Kier molecular flexibility index (Phi) is 5.72. The van der Waals surface area contributed by atoms with E-state index in [2.05, 4.69) is 22.7 Å². The third kappa shape index (κ3) is 4.77. The minimum Gasteiger partial charge on any atom is -0.497 e. The van der Waals surface area contributed by atoms with Crippen LogP contribution in [-0.2, 0) is 6.54 Å². The number of benzene rings is 2. The Balaban J connectivity index is 1.62. The average Bonchev–Trinajstić information content (AvgIpc) is 2.69. The lowest BCUT2D eigenvalue weighted by molar-refractivity contribution is -0.688. The maximum atomic E-state index is 12.3. The van der Waals surface area contributed by atoms with Gasteiger partial charge in [-0.2, -0.15) is 9.67 Å². The lowest BCUT2D eigenvalue weighted by Gasteiger charge is -2.01. The normalized spacial score (nSPS) is 10.7. The summed E-state index contributed by atoms with van der Waals surface area (Å²) in [6.45, 7) is 0.705. The van der Waals surface area contributed by atoms with Crippen LogP contribution in [-0.4, -0.2) is 19.2 Å². The Morgan fingerprint density at radius 1 is 1.08 bits per heavy atom. The number of hydrogen-bond acceptors (Lipinski definition) is 3. The number of methoxy groups -OCH3 is 1. The van der Waals surface area contributed by atoms with Gasteiger partial charge in [0.2, 0.25) is 0 Å². The van der Waals surface area contributed by atoms with Crippen LogP contribution >= 0.6 is 0 Å². The van der Waals surface area contributed by atoms with Crippen molar-refractivity contribution in [2.75, 3.05) is 7.11 Å². The van der Waals surface area contributed by atoms with Crippen LogP contribution in [0.5, 0.6) is 5.75 Å². The van der Waals surface area contributed by atoms with E-state index in [1.807, 2.05) is 65.5 Å². The molecule has 26 heavy (non-hydrogen) atoms. The molecular weight excluding hydrogens is 326 g/mol. The van der Waals surface area contributed by atoms with E-state index in [0.29, 0.717) is 12.1 Å². The van der Waals surface area contributed by atoms with Crippen LogP contribution < -0.4 is 14.7 Å². The van der Waals surface area contributed by atoms with Gasteiger partial charge in [0.05, 0.1) is 13.3 Å². The number of ether oxygens (including phenoxy) is 1. The minimum absolute atomic E-state index is 0.253. The zero-order valence-electron chi connectivity index (χ0n) is 14.5. The Morgan fingerprint density at radius 3 is 2.58 bits per heavy atom. The lowest BCUT2D eigenvalue weighted by atomic mass is 10.2. The monoisotopic (exact) mass is 346 g/mol. The Hall–Kier alpha value is -3.47. The number of hydrogen-bond donors (Lipinski definition) is 1. The fourth-order valence-corrected chi connectivity index (χ4v) is 2.47. The third-order valence-electron chi connectivity index (χ3n) is 3.82. The highest BCUT2D eigenvalue weighted by molar-refractivity contribution is 5.94. The Morgan fingerprint density at radius 2 is 1.85 bits per heavy atom. The topological polar surface area (TPSA) is 54.6 Å². The van der Waals surface area contributed by atoms with Gasteiger partial charge in [0.1, 0.15) is 11.3 Å². The highest BCUT2D eigenvalue weighted by Crippen LogP contribution is 2.09. The number of carbonyl (C=O) groups excluding carboxylic acids is 1. The second-order valence-corrected chi connectivity index (χ2v) is 5.72. The molecule has 5 heteroatoms. The molecular formula is C21H20N3O2+. The van der Waals surface area contributed by atoms with Crippen molar-refractivity contribution in [3.8, 4) is 5.75 Å². The molecule has 0 aliphatic heterocycles. The molecule has 0 aliphatic rings. The van der Waals surface area contributed by atoms with E-state index in [4.69, 9.17) is 4.74 Å². The van der Waals surface area contributed by atoms with Gasteiger partial charge in [-0.1, -0.05) is 30.3 Å². The molecule has 0 aliphatic carbocycles. The molecule has 1 N–H and O–H groups in total. The fourth-order valence-electron chi connectivity index (χ4n) is 2.47. The van der Waals surface area contributed by atoms with Gasteiger partial charge < -0.3 is 4.74 Å². The summed E-state index contributed by atoms with van der Waals surface area (Å²) in [6.07, 6.45) is 5.34. The van der Waals surface area contributed by atoms with Crippen LogP contribution in [0.2, 0.25) is 0 Å². The van der Waals surface area contributed by atoms with Gasteiger partial charge in [-0.15, -0.1) is 0 Å². The first-order valence-corrected chi connectivity index (χ1v) is 8.25. The molecule has 2 aromatic carbocycles. The van der Waals surface area contributed by atoms with Crippen molar-refractivity contribution in [3.63, 3.8) is 0 Å². The second kappa shape index (κ2) is 8.58. The summed E-state index contributed by atoms with van der Waals surface area (Å²) in [5.74, 6) is 0.524. The summed E-state index contributed by atoms with van der Waals surface area (Å²) in [5.41, 5.74) is 5.15. The summed E-state index contributed by atoms with van der Waals surface area (Å²) in [4.78, 5) is 12.3. The molecule has 0 saturated heterocycles. The van der Waals surface area contributed by atoms with E-state index in [-0.39, 0.29) is 5.91 Å². The molecule has 0 spiro atoms. The molecule has 1 amide bonds. The van der Waals surface area contributed by atoms with Crippen LogP contribution in [0.25, 0.3) is 0 Å². The van der Waals surface area contributed by atoms with Crippen LogP contribution in [0, 0.1) is 0 Å². The second-order valence-electron chi connectivity index (χ2n) is 5.72. The van der Waals surface area contributed by atoms with Crippen molar-refractivity contribution in [1.82, 2.24) is 5.43 Å². The smallest absolute Gasteiger partial charge is 0.277 e. The van der Waals surface area contributed by atoms with Gasteiger partial charge in [-0.3, -0.25) is 4.79 Å². The molecule has 0 atom stereocenters. The molecule has 0 fully saturated rings. The number of hydrazone groups is 1. The molecule has 5 nitrogen and oxygen atoms in total. The molecule has 1 heterocycles. The number of amides is 1. The van der Waals surface area contributed by atoms with Crippen molar-refractivity contribution in [3.05, 3.63) is 95.8 Å². The molecule has 130 valence electrons. The lowest BCUT2D eigenvalue weighted by Crippen LogP contribution is -2.35. The van der Waals surface area contributed by atoms with E-state index in [1.54, 1.807) is 19.4 Å². The summed E-state index contributed by atoms with van der Waals surface area (Å²) >= 11 is 0. The van der Waals surface area contributed by atoms with Gasteiger partial charge >= 0.3 is 0 Å². The molecule has 3 rings (SSSR count). The number of pyridine rings is 1. The van der Waals surface area contributed by atoms with E-state index in [0.717, 1.165) is 11.3 Å². The van der Waals surface area contributed by atoms with Crippen molar-refractivity contribution in [2.24, 2.45) is 5.10 Å². The predicted octanol–water partition coefficient (Wildman–Crippen LogP) is 2.79. The molecule has 0 saturated carbocycles. The summed E-state index contributed by atoms with van der Waals surface area (Å²) in [6, 6.07) is 21.1. The molecule has 0 unspecified atom stereocenters. The summed E-state index contributed by atoms with van der Waals surface area (Å²) < 4.78 is 7.08. The maximum Gasteiger partial charge on any atom is 0.277 e. The quantitative estimate of drug-likeness (QED) is 0.424. The minimum atomic E-state index is -0.253. The number of carbonyl (C=O) groups is 1. The first kappa shape index (κ1) is 17.4. The summed E-state index contributed by atoms with van der Waals surface area (Å²) in [5, 5.41) is 4.01. The fraction of sp³-hybridized carbons (Fsp3) is 0.0952. The van der Waals surface area contributed by atoms with Crippen molar-refractivity contribution >= 4 is 12.1 Å². The van der Waals surface area contributed by atoms with E-state index in [9.17, 15) is 4.79 Å². The van der Waals surface area contributed by atoms with Crippen LogP contribution in [0.15, 0.2) is 84.2 Å². The van der Waals surface area contributed by atoms with Gasteiger partial charge in [-0.05, 0) is 35.9 Å². The van der Waals surface area contributed by atoms with E-state index < -0.39 is 0 Å². The predicted molar refractivity (Wildman–Crippen MR) is 100 cm³/mol. The zero-order chi connectivity index (χ0) is 18.2. The Labute approximate surface area is 152 Å². The largest absolute Gasteiger partial charge is 0.497 e. The average molecular weight is 346 g/mol. The first-order chi connectivity index (χ1) is 12.7. The highest BCUT2D eigenvalue weighted by Gasteiger charge is 2.10. The van der Waals surface area contributed by atoms with Gasteiger partial charge in [0.15, 0.2) is 18.9 Å². The number of nitrogens with zero attached hydrogens (tertiary/aromatic N) is 2. The van der Waals surface area contributed by atoms with Crippen molar-refractivity contribution in [2.45, 2.75) is 6.54 Å². The standard InChI is InChI=1S/C21H19N3O2/c1-26-20-11-9-17(10-12-20)14-22-23-21(25)19-8-5-13-24(16-19)15-18-6-3-2-4-7-18/h2-14,16H,15H2,1H3/p+1. The Bertz CT molecular complexity index is 891. The van der Waals surface area contributed by atoms with Crippen LogP contribution in [0.4, 0.5) is 0 Å². The van der Waals surface area contributed by atoms with Gasteiger partial charge in [0, 0.05) is 11.6 Å². The zero-order valence-corrected chi connectivity index (χ0v) is 14.5. The van der Waals surface area contributed by atoms with Crippen molar-refractivity contribution in [1.29, 1.82) is 0 Å². The van der Waals surface area contributed by atoms with E-state index in [1.165, 1.54) is 5.56 Å². The highest BCUT2D eigenvalue weighted by atomic mass is 16.5. The number of aromatic nitrogens is 1. The first-order valence-electron chi connectivity index (χ1n) is 8.25.